The van der Waals surface area contributed by atoms with Gasteiger partial charge in [-0.2, -0.15) is 0 Å². The van der Waals surface area contributed by atoms with Crippen molar-refractivity contribution in [1.29, 1.82) is 0 Å². The number of likely N-dealkylation sites (tertiary alicyclic amines) is 1. The van der Waals surface area contributed by atoms with Crippen LogP contribution in [-0.4, -0.2) is 49.7 Å². The highest BCUT2D eigenvalue weighted by Crippen LogP contribution is 2.28. The van der Waals surface area contributed by atoms with Gasteiger partial charge in [0, 0.05) is 32.8 Å². The third kappa shape index (κ3) is 7.49. The van der Waals surface area contributed by atoms with Crippen LogP contribution < -0.4 is 5.32 Å². The Labute approximate surface area is 154 Å². The molecular formula is C17H36IN3O. The van der Waals surface area contributed by atoms with Crippen molar-refractivity contribution in [1.82, 2.24) is 10.2 Å². The summed E-state index contributed by atoms with van der Waals surface area (Å²) in [5, 5.41) is 3.43. The van der Waals surface area contributed by atoms with E-state index in [0.717, 1.165) is 45.2 Å². The van der Waals surface area contributed by atoms with Gasteiger partial charge in [-0.05, 0) is 38.0 Å². The first-order valence-electron chi connectivity index (χ1n) is 8.54. The minimum atomic E-state index is 0. The molecule has 4 nitrogen and oxygen atoms in total. The van der Waals surface area contributed by atoms with Gasteiger partial charge in [-0.25, -0.2) is 0 Å². The van der Waals surface area contributed by atoms with Crippen molar-refractivity contribution in [2.75, 3.05) is 32.8 Å². The highest BCUT2D eigenvalue weighted by molar-refractivity contribution is 14.0. The Morgan fingerprint density at radius 2 is 2.00 bits per heavy atom. The van der Waals surface area contributed by atoms with Crippen LogP contribution in [0.5, 0.6) is 0 Å². The molecule has 1 rings (SSSR count). The van der Waals surface area contributed by atoms with E-state index in [1.807, 2.05) is 0 Å². The van der Waals surface area contributed by atoms with E-state index >= 15 is 0 Å². The molecule has 1 aliphatic heterocycles. The van der Waals surface area contributed by atoms with Crippen molar-refractivity contribution in [2.45, 2.75) is 60.5 Å². The maximum Gasteiger partial charge on any atom is 0.193 e. The highest BCUT2D eigenvalue weighted by Gasteiger charge is 2.30. The Morgan fingerprint density at radius 3 is 2.45 bits per heavy atom. The molecule has 0 aliphatic carbocycles. The van der Waals surface area contributed by atoms with Gasteiger partial charge in [0.05, 0.1) is 6.10 Å². The first-order valence-corrected chi connectivity index (χ1v) is 8.54. The quantitative estimate of drug-likeness (QED) is 0.384. The number of hydrogen-bond acceptors (Lipinski definition) is 2. The molecule has 5 heteroatoms. The topological polar surface area (TPSA) is 36.9 Å². The van der Waals surface area contributed by atoms with Crippen molar-refractivity contribution < 1.29 is 4.74 Å². The number of nitrogens with one attached hydrogen (secondary N) is 1. The van der Waals surface area contributed by atoms with E-state index in [2.05, 4.69) is 51.8 Å². The zero-order chi connectivity index (χ0) is 15.9. The van der Waals surface area contributed by atoms with Gasteiger partial charge in [0.25, 0.3) is 0 Å². The Bertz CT molecular complexity index is 332. The fourth-order valence-corrected chi connectivity index (χ4v) is 2.84. The number of ether oxygens (including phenoxy) is 1. The van der Waals surface area contributed by atoms with Crippen LogP contribution in [0.25, 0.3) is 0 Å². The molecule has 0 saturated carbocycles. The molecule has 1 N–H and O–H groups in total. The van der Waals surface area contributed by atoms with Crippen LogP contribution >= 0.6 is 24.0 Å². The molecule has 1 fully saturated rings. The molecule has 1 heterocycles. The summed E-state index contributed by atoms with van der Waals surface area (Å²) in [4.78, 5) is 7.21. The van der Waals surface area contributed by atoms with Crippen molar-refractivity contribution in [3.63, 3.8) is 0 Å². The van der Waals surface area contributed by atoms with Crippen molar-refractivity contribution >= 4 is 29.9 Å². The van der Waals surface area contributed by atoms with E-state index in [4.69, 9.17) is 9.73 Å². The molecular weight excluding hydrogens is 389 g/mol. The maximum atomic E-state index is 5.80. The van der Waals surface area contributed by atoms with Crippen LogP contribution in [0.1, 0.15) is 54.4 Å². The van der Waals surface area contributed by atoms with Crippen LogP contribution in [0.2, 0.25) is 0 Å². The summed E-state index contributed by atoms with van der Waals surface area (Å²) >= 11 is 0. The molecule has 0 bridgehead atoms. The number of aliphatic imine (C=N–C) groups is 1. The second-order valence-corrected chi connectivity index (χ2v) is 7.10. The van der Waals surface area contributed by atoms with Gasteiger partial charge in [-0.1, -0.05) is 27.7 Å². The lowest BCUT2D eigenvalue weighted by molar-refractivity contribution is 0.0266. The molecule has 0 radical (unpaired) electrons. The molecule has 0 aromatic rings. The van der Waals surface area contributed by atoms with Crippen molar-refractivity contribution in [3.8, 4) is 0 Å². The number of hydrogen-bond donors (Lipinski definition) is 1. The molecule has 132 valence electrons. The van der Waals surface area contributed by atoms with E-state index < -0.39 is 0 Å². The zero-order valence-electron chi connectivity index (χ0n) is 15.3. The normalized spacial score (nSPS) is 19.2. The van der Waals surface area contributed by atoms with E-state index in [-0.39, 0.29) is 24.0 Å². The van der Waals surface area contributed by atoms with Crippen molar-refractivity contribution in [3.05, 3.63) is 0 Å². The molecule has 0 spiro atoms. The monoisotopic (exact) mass is 425 g/mol. The molecule has 0 amide bonds. The van der Waals surface area contributed by atoms with Gasteiger partial charge in [-0.3, -0.25) is 4.99 Å². The summed E-state index contributed by atoms with van der Waals surface area (Å²) in [7, 11) is 0. The lowest BCUT2D eigenvalue weighted by Gasteiger charge is -2.24. The van der Waals surface area contributed by atoms with Crippen LogP contribution in [0.4, 0.5) is 0 Å². The number of guanidine groups is 1. The van der Waals surface area contributed by atoms with Crippen molar-refractivity contribution in [2.24, 2.45) is 16.3 Å². The van der Waals surface area contributed by atoms with E-state index in [1.165, 1.54) is 6.42 Å². The summed E-state index contributed by atoms with van der Waals surface area (Å²) in [6.07, 6.45) is 2.56. The molecule has 1 aliphatic rings. The van der Waals surface area contributed by atoms with Gasteiger partial charge < -0.3 is 15.0 Å². The number of rotatable bonds is 7. The minimum absolute atomic E-state index is 0. The number of halogens is 1. The first-order chi connectivity index (χ1) is 9.89. The maximum absolute atomic E-state index is 5.80. The van der Waals surface area contributed by atoms with Gasteiger partial charge >= 0.3 is 0 Å². The molecule has 0 aromatic carbocycles. The second-order valence-electron chi connectivity index (χ2n) is 7.10. The molecule has 22 heavy (non-hydrogen) atoms. The summed E-state index contributed by atoms with van der Waals surface area (Å²) < 4.78 is 5.80. The fourth-order valence-electron chi connectivity index (χ4n) is 2.84. The summed E-state index contributed by atoms with van der Waals surface area (Å²) in [6, 6.07) is 0. The van der Waals surface area contributed by atoms with Crippen LogP contribution in [-0.2, 0) is 4.74 Å². The fraction of sp³-hybridized carbons (Fsp3) is 0.941. The standard InChI is InChI=1S/C17H35N3O.HI/c1-7-18-16(20-12-10-17(5,6)13-20)19-11-9-15(14(3)4)21-8-2;/h14-15H,7-13H2,1-6H3,(H,18,19);1H. The zero-order valence-corrected chi connectivity index (χ0v) is 17.6. The SMILES string of the molecule is CCNC(=NCCC(OCC)C(C)C)N1CCC(C)(C)C1.I. The van der Waals surface area contributed by atoms with Gasteiger partial charge in [0.2, 0.25) is 0 Å². The third-order valence-electron chi connectivity index (χ3n) is 4.11. The van der Waals surface area contributed by atoms with E-state index in [0.29, 0.717) is 17.4 Å². The van der Waals surface area contributed by atoms with E-state index in [9.17, 15) is 0 Å². The predicted octanol–water partition coefficient (Wildman–Crippen LogP) is 3.75. The van der Waals surface area contributed by atoms with Crippen LogP contribution in [0.3, 0.4) is 0 Å². The van der Waals surface area contributed by atoms with Crippen LogP contribution in [0, 0.1) is 11.3 Å². The second kappa shape index (κ2) is 10.7. The average Bonchev–Trinajstić information content (AvgIpc) is 2.76. The van der Waals surface area contributed by atoms with Crippen LogP contribution in [0.15, 0.2) is 4.99 Å². The predicted molar refractivity (Wildman–Crippen MR) is 106 cm³/mol. The number of nitrogens with zero attached hydrogens (tertiary/aromatic N) is 2. The van der Waals surface area contributed by atoms with Gasteiger partial charge in [0.1, 0.15) is 0 Å². The highest BCUT2D eigenvalue weighted by atomic mass is 127. The molecule has 0 aromatic heterocycles. The first kappa shape index (κ1) is 22.0. The van der Waals surface area contributed by atoms with Gasteiger partial charge in [0.15, 0.2) is 5.96 Å². The third-order valence-corrected chi connectivity index (χ3v) is 4.11. The summed E-state index contributed by atoms with van der Waals surface area (Å²) in [5.74, 6) is 1.62. The molecule has 1 unspecified atom stereocenters. The average molecular weight is 425 g/mol. The summed E-state index contributed by atoms with van der Waals surface area (Å²) in [5.41, 5.74) is 0.405. The largest absolute Gasteiger partial charge is 0.378 e. The van der Waals surface area contributed by atoms with E-state index in [1.54, 1.807) is 0 Å². The Hall–Kier alpha value is -0.0400. The molecule has 1 saturated heterocycles. The minimum Gasteiger partial charge on any atom is -0.378 e. The molecule has 1 atom stereocenters. The summed E-state index contributed by atoms with van der Waals surface area (Å²) in [6.45, 7) is 18.1. The lowest BCUT2D eigenvalue weighted by atomic mass is 9.93. The Balaban J connectivity index is 0.00000441. The Morgan fingerprint density at radius 1 is 1.32 bits per heavy atom. The Kier molecular flexibility index (Phi) is 10.7. The lowest BCUT2D eigenvalue weighted by Crippen LogP contribution is -2.41. The van der Waals surface area contributed by atoms with Gasteiger partial charge in [-0.15, -0.1) is 24.0 Å². The smallest absolute Gasteiger partial charge is 0.193 e.